The maximum absolute atomic E-state index is 12.5. The summed E-state index contributed by atoms with van der Waals surface area (Å²) in [7, 11) is 1.24. The monoisotopic (exact) mass is 450 g/mol. The number of nitrogens with one attached hydrogen (secondary N) is 1. The normalized spacial score (nSPS) is 11.9. The Bertz CT molecular complexity index is 1220. The van der Waals surface area contributed by atoms with E-state index in [4.69, 9.17) is 9.47 Å². The van der Waals surface area contributed by atoms with Gasteiger partial charge in [-0.2, -0.15) is 0 Å². The van der Waals surface area contributed by atoms with Crippen molar-refractivity contribution >= 4 is 29.5 Å². The standard InChI is InChI=1S/C24H22N2O5S/c1-13(2)10-25-23(28)19-5-4-16(21(26-19)24(29)30-3)17-9-20-18(8-15(17)11-27)22-14(12-31-20)6-7-32-22/h4-9,11,13H,10,12H2,1-3H3,(H,25,28). The fourth-order valence-corrected chi connectivity index (χ4v) is 4.44. The van der Waals surface area contributed by atoms with Crippen LogP contribution in [0.2, 0.25) is 0 Å². The Morgan fingerprint density at radius 2 is 2.03 bits per heavy atom. The first kappa shape index (κ1) is 21.7. The van der Waals surface area contributed by atoms with Gasteiger partial charge in [-0.05, 0) is 47.2 Å². The number of aldehydes is 1. The largest absolute Gasteiger partial charge is 0.488 e. The number of benzene rings is 1. The van der Waals surface area contributed by atoms with E-state index in [9.17, 15) is 14.4 Å². The summed E-state index contributed by atoms with van der Waals surface area (Å²) in [5.74, 6) is -0.192. The number of esters is 1. The molecule has 0 saturated heterocycles. The zero-order chi connectivity index (χ0) is 22.8. The van der Waals surface area contributed by atoms with Crippen LogP contribution in [0.25, 0.3) is 21.6 Å². The number of hydrogen-bond acceptors (Lipinski definition) is 7. The third kappa shape index (κ3) is 4.01. The van der Waals surface area contributed by atoms with E-state index >= 15 is 0 Å². The molecule has 3 aromatic rings. The molecule has 1 aliphatic rings. The molecule has 2 aromatic heterocycles. The number of pyridine rings is 1. The molecule has 1 aromatic carbocycles. The molecule has 0 fully saturated rings. The molecule has 7 nitrogen and oxygen atoms in total. The van der Waals surface area contributed by atoms with Crippen LogP contribution in [0.3, 0.4) is 0 Å². The predicted molar refractivity (Wildman–Crippen MR) is 121 cm³/mol. The molecule has 0 spiro atoms. The summed E-state index contributed by atoms with van der Waals surface area (Å²) in [6.45, 7) is 4.88. The van der Waals surface area contributed by atoms with Crippen molar-refractivity contribution in [2.75, 3.05) is 13.7 Å². The van der Waals surface area contributed by atoms with Crippen molar-refractivity contribution in [1.82, 2.24) is 10.3 Å². The Balaban J connectivity index is 1.82. The Morgan fingerprint density at radius 3 is 2.75 bits per heavy atom. The molecular weight excluding hydrogens is 428 g/mol. The number of hydrogen-bond donors (Lipinski definition) is 1. The predicted octanol–water partition coefficient (Wildman–Crippen LogP) is 4.35. The van der Waals surface area contributed by atoms with E-state index in [1.807, 2.05) is 25.3 Å². The van der Waals surface area contributed by atoms with Crippen molar-refractivity contribution in [3.8, 4) is 27.3 Å². The van der Waals surface area contributed by atoms with Crippen LogP contribution in [-0.4, -0.2) is 36.8 Å². The van der Waals surface area contributed by atoms with Crippen LogP contribution in [0.5, 0.6) is 5.75 Å². The van der Waals surface area contributed by atoms with Gasteiger partial charge in [0.15, 0.2) is 12.0 Å². The number of fused-ring (bicyclic) bond motifs is 3. The fraction of sp³-hybridized carbons (Fsp3) is 0.250. The number of aromatic nitrogens is 1. The van der Waals surface area contributed by atoms with E-state index in [0.717, 1.165) is 22.3 Å². The second-order valence-corrected chi connectivity index (χ2v) is 8.72. The van der Waals surface area contributed by atoms with Crippen molar-refractivity contribution in [3.05, 3.63) is 58.2 Å². The summed E-state index contributed by atoms with van der Waals surface area (Å²) >= 11 is 1.59. The number of carbonyl (C=O) groups is 3. The first-order chi connectivity index (χ1) is 15.4. The highest BCUT2D eigenvalue weighted by molar-refractivity contribution is 7.13. The Hall–Kier alpha value is -3.52. The van der Waals surface area contributed by atoms with Gasteiger partial charge in [0.2, 0.25) is 0 Å². The summed E-state index contributed by atoms with van der Waals surface area (Å²) in [6.07, 6.45) is 0.738. The summed E-state index contributed by atoms with van der Waals surface area (Å²) in [6, 6.07) is 8.64. The van der Waals surface area contributed by atoms with E-state index in [-0.39, 0.29) is 23.2 Å². The van der Waals surface area contributed by atoms with Gasteiger partial charge in [-0.25, -0.2) is 9.78 Å². The average Bonchev–Trinajstić information content (AvgIpc) is 3.30. The minimum Gasteiger partial charge on any atom is -0.488 e. The Labute approximate surface area is 189 Å². The van der Waals surface area contributed by atoms with Crippen LogP contribution >= 0.6 is 11.3 Å². The van der Waals surface area contributed by atoms with Crippen molar-refractivity contribution in [2.45, 2.75) is 20.5 Å². The van der Waals surface area contributed by atoms with Crippen LogP contribution in [-0.2, 0) is 11.3 Å². The van der Waals surface area contributed by atoms with E-state index in [1.54, 1.807) is 29.5 Å². The Kier molecular flexibility index (Phi) is 6.05. The third-order valence-corrected chi connectivity index (χ3v) is 6.11. The molecule has 0 bridgehead atoms. The van der Waals surface area contributed by atoms with Gasteiger partial charge in [-0.15, -0.1) is 11.3 Å². The molecule has 0 atom stereocenters. The van der Waals surface area contributed by atoms with Crippen LogP contribution in [0.4, 0.5) is 0 Å². The van der Waals surface area contributed by atoms with Crippen LogP contribution in [0.15, 0.2) is 35.7 Å². The zero-order valence-corrected chi connectivity index (χ0v) is 18.7. The number of amides is 1. The highest BCUT2D eigenvalue weighted by Gasteiger charge is 2.25. The molecule has 0 aliphatic carbocycles. The van der Waals surface area contributed by atoms with Gasteiger partial charge in [0.05, 0.1) is 7.11 Å². The zero-order valence-electron chi connectivity index (χ0n) is 17.9. The molecule has 164 valence electrons. The number of carbonyl (C=O) groups excluding carboxylic acids is 3. The first-order valence-electron chi connectivity index (χ1n) is 10.1. The lowest BCUT2D eigenvalue weighted by molar-refractivity contribution is 0.0594. The topological polar surface area (TPSA) is 94.6 Å². The lowest BCUT2D eigenvalue weighted by Gasteiger charge is -2.20. The molecular formula is C24H22N2O5S. The quantitative estimate of drug-likeness (QED) is 0.443. The molecule has 0 saturated carbocycles. The number of methoxy groups -OCH3 is 1. The molecule has 3 heterocycles. The van der Waals surface area contributed by atoms with Crippen molar-refractivity contribution in [3.63, 3.8) is 0 Å². The number of thiophene rings is 1. The number of rotatable bonds is 6. The molecule has 1 aliphatic heterocycles. The summed E-state index contributed by atoms with van der Waals surface area (Å²) < 4.78 is 10.8. The van der Waals surface area contributed by atoms with Crippen LogP contribution < -0.4 is 10.1 Å². The molecule has 32 heavy (non-hydrogen) atoms. The smallest absolute Gasteiger partial charge is 0.357 e. The van der Waals surface area contributed by atoms with E-state index in [2.05, 4.69) is 10.3 Å². The molecule has 8 heteroatoms. The van der Waals surface area contributed by atoms with Gasteiger partial charge in [-0.1, -0.05) is 13.8 Å². The second kappa shape index (κ2) is 8.92. The Morgan fingerprint density at radius 1 is 1.22 bits per heavy atom. The van der Waals surface area contributed by atoms with E-state index in [1.165, 1.54) is 13.2 Å². The van der Waals surface area contributed by atoms with Gasteiger partial charge in [0.1, 0.15) is 18.1 Å². The van der Waals surface area contributed by atoms with Crippen molar-refractivity contribution < 1.29 is 23.9 Å². The molecule has 0 unspecified atom stereocenters. The van der Waals surface area contributed by atoms with E-state index < -0.39 is 5.97 Å². The van der Waals surface area contributed by atoms with Gasteiger partial charge in [0.25, 0.3) is 5.91 Å². The number of nitrogens with zero attached hydrogens (tertiary/aromatic N) is 1. The molecule has 1 amide bonds. The minimum atomic E-state index is -0.699. The van der Waals surface area contributed by atoms with Crippen molar-refractivity contribution in [2.24, 2.45) is 5.92 Å². The van der Waals surface area contributed by atoms with Gasteiger partial charge >= 0.3 is 5.97 Å². The average molecular weight is 451 g/mol. The fourth-order valence-electron chi connectivity index (χ4n) is 3.51. The SMILES string of the molecule is COC(=O)c1nc(C(=O)NCC(C)C)ccc1-c1cc2c(cc1C=O)-c1sccc1CO2. The maximum Gasteiger partial charge on any atom is 0.357 e. The summed E-state index contributed by atoms with van der Waals surface area (Å²) in [5.41, 5.74) is 3.23. The minimum absolute atomic E-state index is 0.0413. The molecule has 1 N–H and O–H groups in total. The highest BCUT2D eigenvalue weighted by atomic mass is 32.1. The molecule has 4 rings (SSSR count). The van der Waals surface area contributed by atoms with Crippen LogP contribution in [0.1, 0.15) is 50.7 Å². The van der Waals surface area contributed by atoms with Crippen LogP contribution in [0, 0.1) is 5.92 Å². The maximum atomic E-state index is 12.5. The van der Waals surface area contributed by atoms with Gasteiger partial charge in [0, 0.05) is 33.7 Å². The summed E-state index contributed by atoms with van der Waals surface area (Å²) in [5, 5.41) is 4.77. The molecule has 0 radical (unpaired) electrons. The van der Waals surface area contributed by atoms with Crippen molar-refractivity contribution in [1.29, 1.82) is 0 Å². The highest BCUT2D eigenvalue weighted by Crippen LogP contribution is 2.44. The van der Waals surface area contributed by atoms with Gasteiger partial charge in [-0.3, -0.25) is 9.59 Å². The number of ether oxygens (including phenoxy) is 2. The second-order valence-electron chi connectivity index (χ2n) is 7.81. The van der Waals surface area contributed by atoms with Gasteiger partial charge < -0.3 is 14.8 Å². The first-order valence-corrected chi connectivity index (χ1v) is 11.0. The van der Waals surface area contributed by atoms with E-state index in [0.29, 0.717) is 35.6 Å². The lowest BCUT2D eigenvalue weighted by atomic mass is 9.94. The summed E-state index contributed by atoms with van der Waals surface area (Å²) in [4.78, 5) is 42.3. The third-order valence-electron chi connectivity index (χ3n) is 5.12. The lowest BCUT2D eigenvalue weighted by Crippen LogP contribution is -2.28.